The zero-order valence-corrected chi connectivity index (χ0v) is 8.92. The summed E-state index contributed by atoms with van der Waals surface area (Å²) >= 11 is 0. The molecule has 82 valence electrons. The van der Waals surface area contributed by atoms with Crippen LogP contribution in [0.25, 0.3) is 0 Å². The third-order valence-electron chi connectivity index (χ3n) is 2.65. The van der Waals surface area contributed by atoms with E-state index in [4.69, 9.17) is 0 Å². The van der Waals surface area contributed by atoms with Crippen molar-refractivity contribution in [1.29, 1.82) is 0 Å². The van der Waals surface area contributed by atoms with Crippen LogP contribution in [0.2, 0.25) is 0 Å². The van der Waals surface area contributed by atoms with Crippen LogP contribution in [0.4, 0.5) is 5.69 Å². The second kappa shape index (κ2) is 4.33. The molecule has 0 atom stereocenters. The predicted octanol–water partition coefficient (Wildman–Crippen LogP) is 0.298. The molecule has 2 rings (SSSR count). The number of aromatic nitrogens is 2. The molecule has 0 saturated carbocycles. The van der Waals surface area contributed by atoms with Crippen LogP contribution in [0, 0.1) is 0 Å². The monoisotopic (exact) mass is 208 g/mol. The van der Waals surface area contributed by atoms with Gasteiger partial charge < -0.3 is 10.2 Å². The van der Waals surface area contributed by atoms with Gasteiger partial charge in [-0.1, -0.05) is 0 Å². The Labute approximate surface area is 88.8 Å². The van der Waals surface area contributed by atoms with E-state index in [2.05, 4.69) is 20.4 Å². The second-order valence-corrected chi connectivity index (χ2v) is 3.81. The standard InChI is InChI=1S/C10H16N4O/c1-8(15)11-4-6-14-5-2-3-9-10(14)7-12-13-9/h7H,2-6H2,1H3,(H,11,15)(H,12,13). The molecule has 2 heterocycles. The first kappa shape index (κ1) is 10.0. The van der Waals surface area contributed by atoms with Crippen molar-refractivity contribution in [3.05, 3.63) is 11.9 Å². The number of nitrogens with zero attached hydrogens (tertiary/aromatic N) is 2. The SMILES string of the molecule is CC(=O)NCCN1CCCc2[nH]ncc21. The Morgan fingerprint density at radius 2 is 2.60 bits per heavy atom. The minimum absolute atomic E-state index is 0.0272. The number of H-pyrrole nitrogens is 1. The Morgan fingerprint density at radius 3 is 3.40 bits per heavy atom. The van der Waals surface area contributed by atoms with Gasteiger partial charge in [-0.25, -0.2) is 0 Å². The Balaban J connectivity index is 1.92. The number of carbonyl (C=O) groups excluding carboxylic acids is 1. The van der Waals surface area contributed by atoms with Crippen molar-refractivity contribution < 1.29 is 4.79 Å². The first-order valence-corrected chi connectivity index (χ1v) is 5.29. The van der Waals surface area contributed by atoms with Crippen LogP contribution >= 0.6 is 0 Å². The minimum Gasteiger partial charge on any atom is -0.367 e. The van der Waals surface area contributed by atoms with Crippen molar-refractivity contribution in [2.45, 2.75) is 19.8 Å². The molecule has 1 aliphatic heterocycles. The highest BCUT2D eigenvalue weighted by Crippen LogP contribution is 2.23. The van der Waals surface area contributed by atoms with Crippen molar-refractivity contribution >= 4 is 11.6 Å². The number of carbonyl (C=O) groups is 1. The summed E-state index contributed by atoms with van der Waals surface area (Å²) in [4.78, 5) is 13.0. The average Bonchev–Trinajstić information content (AvgIpc) is 2.65. The molecule has 1 aromatic heterocycles. The molecule has 2 N–H and O–H groups in total. The van der Waals surface area contributed by atoms with Crippen LogP contribution in [-0.4, -0.2) is 35.7 Å². The van der Waals surface area contributed by atoms with Gasteiger partial charge in [-0.3, -0.25) is 9.89 Å². The molecule has 0 fully saturated rings. The fourth-order valence-corrected chi connectivity index (χ4v) is 1.93. The molecule has 0 aliphatic carbocycles. The summed E-state index contributed by atoms with van der Waals surface area (Å²) in [5.74, 6) is 0.0272. The van der Waals surface area contributed by atoms with Gasteiger partial charge in [0.25, 0.3) is 0 Å². The van der Waals surface area contributed by atoms with Crippen LogP contribution in [0.15, 0.2) is 6.20 Å². The molecule has 1 aliphatic rings. The summed E-state index contributed by atoms with van der Waals surface area (Å²) < 4.78 is 0. The molecule has 15 heavy (non-hydrogen) atoms. The molecule has 5 nitrogen and oxygen atoms in total. The van der Waals surface area contributed by atoms with E-state index in [9.17, 15) is 4.79 Å². The van der Waals surface area contributed by atoms with Crippen LogP contribution in [0.3, 0.4) is 0 Å². The minimum atomic E-state index is 0.0272. The maximum Gasteiger partial charge on any atom is 0.216 e. The van der Waals surface area contributed by atoms with Gasteiger partial charge in [-0.15, -0.1) is 0 Å². The number of fused-ring (bicyclic) bond motifs is 1. The van der Waals surface area contributed by atoms with E-state index in [1.807, 2.05) is 6.20 Å². The number of rotatable bonds is 3. The van der Waals surface area contributed by atoms with E-state index in [1.54, 1.807) is 6.92 Å². The summed E-state index contributed by atoms with van der Waals surface area (Å²) in [5.41, 5.74) is 2.40. The summed E-state index contributed by atoms with van der Waals surface area (Å²) in [6.45, 7) is 4.14. The van der Waals surface area contributed by atoms with Crippen LogP contribution in [-0.2, 0) is 11.2 Å². The lowest BCUT2D eigenvalue weighted by atomic mass is 10.1. The molecule has 0 radical (unpaired) electrons. The van der Waals surface area contributed by atoms with E-state index < -0.39 is 0 Å². The molecule has 1 amide bonds. The third-order valence-corrected chi connectivity index (χ3v) is 2.65. The Morgan fingerprint density at radius 1 is 1.73 bits per heavy atom. The van der Waals surface area contributed by atoms with Crippen molar-refractivity contribution in [2.24, 2.45) is 0 Å². The van der Waals surface area contributed by atoms with Crippen molar-refractivity contribution in [1.82, 2.24) is 15.5 Å². The number of aromatic amines is 1. The summed E-state index contributed by atoms with van der Waals surface area (Å²) in [6.07, 6.45) is 4.09. The lowest BCUT2D eigenvalue weighted by Gasteiger charge is -2.28. The molecule has 0 aromatic carbocycles. The van der Waals surface area contributed by atoms with Gasteiger partial charge >= 0.3 is 0 Å². The van der Waals surface area contributed by atoms with Gasteiger partial charge in [-0.2, -0.15) is 5.10 Å². The number of amides is 1. The average molecular weight is 208 g/mol. The highest BCUT2D eigenvalue weighted by molar-refractivity contribution is 5.72. The van der Waals surface area contributed by atoms with Gasteiger partial charge in [-0.05, 0) is 12.8 Å². The molecule has 5 heteroatoms. The van der Waals surface area contributed by atoms with E-state index in [1.165, 1.54) is 11.4 Å². The summed E-state index contributed by atoms with van der Waals surface area (Å²) in [5, 5.41) is 9.86. The van der Waals surface area contributed by atoms with Gasteiger partial charge in [0.2, 0.25) is 5.91 Å². The predicted molar refractivity (Wildman–Crippen MR) is 57.8 cm³/mol. The zero-order chi connectivity index (χ0) is 10.7. The van der Waals surface area contributed by atoms with E-state index in [-0.39, 0.29) is 5.91 Å². The van der Waals surface area contributed by atoms with Crippen LogP contribution in [0.1, 0.15) is 19.0 Å². The first-order valence-electron chi connectivity index (χ1n) is 5.29. The highest BCUT2D eigenvalue weighted by Gasteiger charge is 2.17. The van der Waals surface area contributed by atoms with Crippen LogP contribution in [0.5, 0.6) is 0 Å². The lowest BCUT2D eigenvalue weighted by molar-refractivity contribution is -0.118. The molecule has 0 spiro atoms. The first-order chi connectivity index (χ1) is 7.27. The topological polar surface area (TPSA) is 61.0 Å². The van der Waals surface area contributed by atoms with Gasteiger partial charge in [0.1, 0.15) is 0 Å². The van der Waals surface area contributed by atoms with Crippen molar-refractivity contribution in [2.75, 3.05) is 24.5 Å². The smallest absolute Gasteiger partial charge is 0.216 e. The number of nitrogens with one attached hydrogen (secondary N) is 2. The molecule has 0 unspecified atom stereocenters. The van der Waals surface area contributed by atoms with E-state index in [0.717, 1.165) is 25.9 Å². The summed E-state index contributed by atoms with van der Waals surface area (Å²) in [7, 11) is 0. The van der Waals surface area contributed by atoms with Gasteiger partial charge in [0.15, 0.2) is 0 Å². The molecule has 0 saturated heterocycles. The fourth-order valence-electron chi connectivity index (χ4n) is 1.93. The van der Waals surface area contributed by atoms with Gasteiger partial charge in [0.05, 0.1) is 17.6 Å². The fraction of sp³-hybridized carbons (Fsp3) is 0.600. The number of hydrogen-bond donors (Lipinski definition) is 2. The highest BCUT2D eigenvalue weighted by atomic mass is 16.1. The lowest BCUT2D eigenvalue weighted by Crippen LogP contribution is -2.36. The Bertz CT molecular complexity index is 347. The largest absolute Gasteiger partial charge is 0.367 e. The number of hydrogen-bond acceptors (Lipinski definition) is 3. The third kappa shape index (κ3) is 2.29. The molecular weight excluding hydrogens is 192 g/mol. The van der Waals surface area contributed by atoms with Crippen LogP contribution < -0.4 is 10.2 Å². The van der Waals surface area contributed by atoms with Gasteiger partial charge in [0, 0.05) is 26.6 Å². The Kier molecular flexibility index (Phi) is 2.89. The maximum absolute atomic E-state index is 10.7. The summed E-state index contributed by atoms with van der Waals surface area (Å²) in [6, 6.07) is 0. The molecular formula is C10H16N4O. The zero-order valence-electron chi connectivity index (χ0n) is 8.92. The normalized spacial score (nSPS) is 14.9. The maximum atomic E-state index is 10.7. The van der Waals surface area contributed by atoms with E-state index >= 15 is 0 Å². The van der Waals surface area contributed by atoms with E-state index in [0.29, 0.717) is 6.54 Å². The molecule has 0 bridgehead atoms. The quantitative estimate of drug-likeness (QED) is 0.751. The van der Waals surface area contributed by atoms with Crippen molar-refractivity contribution in [3.8, 4) is 0 Å². The number of aryl methyl sites for hydroxylation is 1. The van der Waals surface area contributed by atoms with Crippen molar-refractivity contribution in [3.63, 3.8) is 0 Å². The second-order valence-electron chi connectivity index (χ2n) is 3.81. The Hall–Kier alpha value is -1.52. The number of anilines is 1. The molecule has 1 aromatic rings.